The van der Waals surface area contributed by atoms with Gasteiger partial charge in [-0.1, -0.05) is 74.1 Å². The monoisotopic (exact) mass is 280 g/mol. The highest BCUT2D eigenvalue weighted by atomic mass is 14.5. The van der Waals surface area contributed by atoms with Gasteiger partial charge in [-0.05, 0) is 54.3 Å². The summed E-state index contributed by atoms with van der Waals surface area (Å²) in [4.78, 5) is 0. The molecule has 0 N–H and O–H groups in total. The lowest BCUT2D eigenvalue weighted by Crippen LogP contribution is -2.38. The quantitative estimate of drug-likeness (QED) is 0.440. The SMILES string of the molecule is CCCCC(C)(C)CCC1CCCC1(C)C(C)(C)CC. The molecule has 120 valence electrons. The summed E-state index contributed by atoms with van der Waals surface area (Å²) in [6.07, 6.45) is 12.7. The number of hydrogen-bond acceptors (Lipinski definition) is 0. The second-order valence-electron chi connectivity index (χ2n) is 9.05. The van der Waals surface area contributed by atoms with Crippen molar-refractivity contribution in [3.05, 3.63) is 0 Å². The van der Waals surface area contributed by atoms with Crippen LogP contribution in [0, 0.1) is 22.2 Å². The first-order valence-electron chi connectivity index (χ1n) is 9.18. The van der Waals surface area contributed by atoms with Gasteiger partial charge in [0.15, 0.2) is 0 Å². The molecule has 1 rings (SSSR count). The van der Waals surface area contributed by atoms with Crippen molar-refractivity contribution in [1.29, 1.82) is 0 Å². The van der Waals surface area contributed by atoms with Crippen molar-refractivity contribution in [2.45, 2.75) is 106 Å². The van der Waals surface area contributed by atoms with Crippen LogP contribution >= 0.6 is 0 Å². The van der Waals surface area contributed by atoms with E-state index in [1.165, 1.54) is 57.8 Å². The molecule has 0 heterocycles. The molecule has 0 aromatic rings. The molecule has 2 atom stereocenters. The van der Waals surface area contributed by atoms with E-state index in [0.29, 0.717) is 16.2 Å². The molecule has 2 unspecified atom stereocenters. The summed E-state index contributed by atoms with van der Waals surface area (Å²) in [5.74, 6) is 0.957. The molecule has 1 aliphatic carbocycles. The van der Waals surface area contributed by atoms with E-state index in [-0.39, 0.29) is 0 Å². The summed E-state index contributed by atoms with van der Waals surface area (Å²) in [5, 5.41) is 0. The second-order valence-corrected chi connectivity index (χ2v) is 9.05. The smallest absolute Gasteiger partial charge is 0.0246 e. The Labute approximate surface area is 129 Å². The van der Waals surface area contributed by atoms with Gasteiger partial charge < -0.3 is 0 Å². The third-order valence-corrected chi connectivity index (χ3v) is 6.96. The maximum Gasteiger partial charge on any atom is -0.0246 e. The second kappa shape index (κ2) is 6.84. The van der Waals surface area contributed by atoms with E-state index < -0.39 is 0 Å². The third-order valence-electron chi connectivity index (χ3n) is 6.96. The molecular weight excluding hydrogens is 240 g/mol. The van der Waals surface area contributed by atoms with E-state index in [1.54, 1.807) is 0 Å². The zero-order valence-electron chi connectivity index (χ0n) is 15.4. The normalized spacial score (nSPS) is 28.1. The minimum absolute atomic E-state index is 0.502. The highest BCUT2D eigenvalue weighted by Gasteiger charge is 2.48. The molecule has 1 saturated carbocycles. The fraction of sp³-hybridized carbons (Fsp3) is 1.00. The predicted octanol–water partition coefficient (Wildman–Crippen LogP) is 7.23. The van der Waals surface area contributed by atoms with Gasteiger partial charge in [0.2, 0.25) is 0 Å². The minimum Gasteiger partial charge on any atom is -0.0654 e. The van der Waals surface area contributed by atoms with Crippen LogP contribution in [-0.4, -0.2) is 0 Å². The summed E-state index contributed by atoms with van der Waals surface area (Å²) in [7, 11) is 0. The van der Waals surface area contributed by atoms with Crippen LogP contribution in [0.25, 0.3) is 0 Å². The highest BCUT2D eigenvalue weighted by Crippen LogP contribution is 2.57. The van der Waals surface area contributed by atoms with Gasteiger partial charge in [-0.25, -0.2) is 0 Å². The largest absolute Gasteiger partial charge is 0.0654 e. The zero-order valence-corrected chi connectivity index (χ0v) is 15.4. The van der Waals surface area contributed by atoms with Gasteiger partial charge in [0.1, 0.15) is 0 Å². The van der Waals surface area contributed by atoms with Crippen molar-refractivity contribution in [1.82, 2.24) is 0 Å². The third kappa shape index (κ3) is 4.01. The average molecular weight is 281 g/mol. The van der Waals surface area contributed by atoms with Crippen LogP contribution in [-0.2, 0) is 0 Å². The van der Waals surface area contributed by atoms with Crippen LogP contribution in [0.2, 0.25) is 0 Å². The number of hydrogen-bond donors (Lipinski definition) is 0. The van der Waals surface area contributed by atoms with Crippen molar-refractivity contribution in [2.24, 2.45) is 22.2 Å². The van der Waals surface area contributed by atoms with Crippen LogP contribution in [0.4, 0.5) is 0 Å². The molecule has 20 heavy (non-hydrogen) atoms. The van der Waals surface area contributed by atoms with E-state index in [9.17, 15) is 0 Å². The molecule has 0 nitrogen and oxygen atoms in total. The van der Waals surface area contributed by atoms with E-state index in [0.717, 1.165) is 5.92 Å². The number of rotatable bonds is 8. The fourth-order valence-electron chi connectivity index (χ4n) is 4.34. The van der Waals surface area contributed by atoms with Crippen molar-refractivity contribution >= 4 is 0 Å². The first kappa shape index (κ1) is 18.1. The Morgan fingerprint density at radius 1 is 1.05 bits per heavy atom. The van der Waals surface area contributed by atoms with Gasteiger partial charge in [0, 0.05) is 0 Å². The molecule has 0 amide bonds. The molecule has 0 heteroatoms. The highest BCUT2D eigenvalue weighted by molar-refractivity contribution is 4.98. The standard InChI is InChI=1S/C20H40/c1-8-10-14-18(3,4)16-13-17-12-11-15-20(17,7)19(5,6)9-2/h17H,8-16H2,1-7H3. The lowest BCUT2D eigenvalue weighted by Gasteiger charge is -2.46. The first-order valence-corrected chi connectivity index (χ1v) is 9.18. The Kier molecular flexibility index (Phi) is 6.17. The summed E-state index contributed by atoms with van der Waals surface area (Å²) < 4.78 is 0. The Morgan fingerprint density at radius 3 is 2.25 bits per heavy atom. The summed E-state index contributed by atoms with van der Waals surface area (Å²) >= 11 is 0. The predicted molar refractivity (Wildman–Crippen MR) is 92.1 cm³/mol. The van der Waals surface area contributed by atoms with Crippen LogP contribution in [0.1, 0.15) is 106 Å². The average Bonchev–Trinajstić information content (AvgIpc) is 2.77. The lowest BCUT2D eigenvalue weighted by atomic mass is 9.58. The molecule has 0 bridgehead atoms. The Hall–Kier alpha value is 0. The van der Waals surface area contributed by atoms with Crippen molar-refractivity contribution in [2.75, 3.05) is 0 Å². The summed E-state index contributed by atoms with van der Waals surface area (Å²) in [6, 6.07) is 0. The van der Waals surface area contributed by atoms with Crippen LogP contribution in [0.5, 0.6) is 0 Å². The van der Waals surface area contributed by atoms with Gasteiger partial charge in [0.25, 0.3) is 0 Å². The van der Waals surface area contributed by atoms with Crippen LogP contribution < -0.4 is 0 Å². The minimum atomic E-state index is 0.502. The van der Waals surface area contributed by atoms with Crippen molar-refractivity contribution in [3.63, 3.8) is 0 Å². The molecular formula is C20H40. The Morgan fingerprint density at radius 2 is 1.70 bits per heavy atom. The molecule has 1 fully saturated rings. The van der Waals surface area contributed by atoms with Gasteiger partial charge in [-0.15, -0.1) is 0 Å². The summed E-state index contributed by atoms with van der Waals surface area (Å²) in [5.41, 5.74) is 1.63. The van der Waals surface area contributed by atoms with Crippen molar-refractivity contribution < 1.29 is 0 Å². The number of unbranched alkanes of at least 4 members (excludes halogenated alkanes) is 1. The molecule has 0 radical (unpaired) electrons. The summed E-state index contributed by atoms with van der Waals surface area (Å²) in [6.45, 7) is 17.3. The van der Waals surface area contributed by atoms with Gasteiger partial charge in [-0.2, -0.15) is 0 Å². The van der Waals surface area contributed by atoms with Gasteiger partial charge in [0.05, 0.1) is 0 Å². The van der Waals surface area contributed by atoms with Crippen LogP contribution in [0.3, 0.4) is 0 Å². The van der Waals surface area contributed by atoms with Crippen LogP contribution in [0.15, 0.2) is 0 Å². The Bertz CT molecular complexity index is 286. The maximum atomic E-state index is 2.59. The molecule has 0 spiro atoms. The van der Waals surface area contributed by atoms with E-state index >= 15 is 0 Å². The first-order chi connectivity index (χ1) is 9.18. The molecule has 0 saturated heterocycles. The van der Waals surface area contributed by atoms with E-state index in [1.807, 2.05) is 0 Å². The Balaban J connectivity index is 2.63. The lowest BCUT2D eigenvalue weighted by molar-refractivity contribution is 0.0300. The van der Waals surface area contributed by atoms with Crippen molar-refractivity contribution in [3.8, 4) is 0 Å². The molecule has 0 aliphatic heterocycles. The van der Waals surface area contributed by atoms with Gasteiger partial charge >= 0.3 is 0 Å². The maximum absolute atomic E-state index is 2.59. The molecule has 1 aliphatic rings. The molecule has 0 aromatic heterocycles. The van der Waals surface area contributed by atoms with E-state index in [2.05, 4.69) is 48.5 Å². The topological polar surface area (TPSA) is 0 Å². The van der Waals surface area contributed by atoms with E-state index in [4.69, 9.17) is 0 Å². The van der Waals surface area contributed by atoms with Gasteiger partial charge in [-0.3, -0.25) is 0 Å². The zero-order chi connectivity index (χ0) is 15.4. The fourth-order valence-corrected chi connectivity index (χ4v) is 4.34. The molecule has 0 aromatic carbocycles.